The number of fused-ring (bicyclic) bond motifs is 3. The molecule has 0 bridgehead atoms. The van der Waals surface area contributed by atoms with Gasteiger partial charge in [-0.2, -0.15) is 0 Å². The minimum Gasteiger partial charge on any atom is -0.362 e. The van der Waals surface area contributed by atoms with Crippen molar-refractivity contribution in [2.75, 3.05) is 13.2 Å². The summed E-state index contributed by atoms with van der Waals surface area (Å²) in [4.78, 5) is 13.9. The standard InChI is InChI=1S/C15H19NO2/c1-2-16-13-9-5-7-11-6-3-4-8-12(11)15(13)18-10-14(16)17/h3-4,6,8,13,15H,2,5,7,9-10H2,1H3/t13-,15-/m0/s1. The number of benzene rings is 1. The van der Waals surface area contributed by atoms with Crippen molar-refractivity contribution in [3.8, 4) is 0 Å². The lowest BCUT2D eigenvalue weighted by Gasteiger charge is -2.40. The molecule has 1 fully saturated rings. The van der Waals surface area contributed by atoms with E-state index in [0.717, 1.165) is 25.8 Å². The fourth-order valence-corrected chi connectivity index (χ4v) is 3.26. The third kappa shape index (κ3) is 1.83. The Labute approximate surface area is 108 Å². The number of amides is 1. The predicted octanol–water partition coefficient (Wildman–Crippen LogP) is 2.31. The van der Waals surface area contributed by atoms with Crippen molar-refractivity contribution in [1.82, 2.24) is 4.90 Å². The highest BCUT2D eigenvalue weighted by molar-refractivity contribution is 5.78. The lowest BCUT2D eigenvalue weighted by Crippen LogP contribution is -2.50. The van der Waals surface area contributed by atoms with Gasteiger partial charge in [-0.3, -0.25) is 4.79 Å². The largest absolute Gasteiger partial charge is 0.362 e. The Morgan fingerprint density at radius 1 is 1.39 bits per heavy atom. The number of likely N-dealkylation sites (N-methyl/N-ethyl adjacent to an activating group) is 1. The number of rotatable bonds is 1. The molecule has 0 spiro atoms. The van der Waals surface area contributed by atoms with Crippen LogP contribution in [0.3, 0.4) is 0 Å². The number of morpholine rings is 1. The summed E-state index contributed by atoms with van der Waals surface area (Å²) in [6.07, 6.45) is 3.34. The molecule has 1 saturated heterocycles. The van der Waals surface area contributed by atoms with Crippen LogP contribution in [0.25, 0.3) is 0 Å². The second-order valence-corrected chi connectivity index (χ2v) is 5.07. The molecule has 1 aromatic carbocycles. The summed E-state index contributed by atoms with van der Waals surface area (Å²) >= 11 is 0. The van der Waals surface area contributed by atoms with Crippen molar-refractivity contribution in [3.63, 3.8) is 0 Å². The lowest BCUT2D eigenvalue weighted by molar-refractivity contribution is -0.157. The molecular formula is C15H19NO2. The molecule has 0 saturated carbocycles. The number of hydrogen-bond donors (Lipinski definition) is 0. The summed E-state index contributed by atoms with van der Waals surface area (Å²) in [5.41, 5.74) is 2.67. The molecule has 2 atom stereocenters. The molecule has 0 radical (unpaired) electrons. The fraction of sp³-hybridized carbons (Fsp3) is 0.533. The summed E-state index contributed by atoms with van der Waals surface area (Å²) in [5, 5.41) is 0. The van der Waals surface area contributed by atoms with Gasteiger partial charge in [-0.05, 0) is 37.3 Å². The first-order valence-electron chi connectivity index (χ1n) is 6.80. The number of hydrogen-bond acceptors (Lipinski definition) is 2. The Morgan fingerprint density at radius 2 is 2.22 bits per heavy atom. The van der Waals surface area contributed by atoms with Crippen LogP contribution in [-0.2, 0) is 16.0 Å². The van der Waals surface area contributed by atoms with Gasteiger partial charge in [0.05, 0.1) is 6.04 Å². The maximum Gasteiger partial charge on any atom is 0.248 e. The first-order valence-corrected chi connectivity index (χ1v) is 6.80. The third-order valence-corrected chi connectivity index (χ3v) is 4.10. The number of carbonyl (C=O) groups excluding carboxylic acids is 1. The van der Waals surface area contributed by atoms with Crippen molar-refractivity contribution >= 4 is 5.91 Å². The van der Waals surface area contributed by atoms with E-state index in [0.29, 0.717) is 0 Å². The van der Waals surface area contributed by atoms with Crippen molar-refractivity contribution in [1.29, 1.82) is 0 Å². The van der Waals surface area contributed by atoms with Gasteiger partial charge in [0, 0.05) is 6.54 Å². The Kier molecular flexibility index (Phi) is 3.08. The summed E-state index contributed by atoms with van der Waals surface area (Å²) in [6.45, 7) is 3.06. The van der Waals surface area contributed by atoms with Crippen LogP contribution in [0.2, 0.25) is 0 Å². The molecule has 3 nitrogen and oxygen atoms in total. The van der Waals surface area contributed by atoms with E-state index < -0.39 is 0 Å². The van der Waals surface area contributed by atoms with Gasteiger partial charge in [0.2, 0.25) is 5.91 Å². The molecule has 2 aliphatic rings. The van der Waals surface area contributed by atoms with Crippen LogP contribution in [0.4, 0.5) is 0 Å². The molecule has 0 unspecified atom stereocenters. The molecular weight excluding hydrogens is 226 g/mol. The van der Waals surface area contributed by atoms with Crippen molar-refractivity contribution < 1.29 is 9.53 Å². The maximum atomic E-state index is 11.9. The molecule has 3 heteroatoms. The Bertz CT molecular complexity index is 458. The average Bonchev–Trinajstić information content (AvgIpc) is 2.58. The van der Waals surface area contributed by atoms with Crippen LogP contribution in [-0.4, -0.2) is 30.0 Å². The van der Waals surface area contributed by atoms with Crippen LogP contribution >= 0.6 is 0 Å². The SMILES string of the molecule is CCN1C(=O)CO[C@H]2c3ccccc3CCC[C@@H]21. The minimum atomic E-state index is 0.0707. The topological polar surface area (TPSA) is 29.5 Å². The summed E-state index contributed by atoms with van der Waals surface area (Å²) in [7, 11) is 0. The number of carbonyl (C=O) groups is 1. The van der Waals surface area contributed by atoms with Gasteiger partial charge in [-0.15, -0.1) is 0 Å². The average molecular weight is 245 g/mol. The van der Waals surface area contributed by atoms with Gasteiger partial charge in [0.1, 0.15) is 12.7 Å². The summed E-state index contributed by atoms with van der Waals surface area (Å²) < 4.78 is 5.84. The first-order chi connectivity index (χ1) is 8.81. The quantitative estimate of drug-likeness (QED) is 0.760. The summed E-state index contributed by atoms with van der Waals surface area (Å²) in [5.74, 6) is 0.137. The van der Waals surface area contributed by atoms with Gasteiger partial charge in [0.15, 0.2) is 0 Å². The lowest BCUT2D eigenvalue weighted by atomic mass is 9.96. The minimum absolute atomic E-state index is 0.0707. The molecule has 1 aliphatic carbocycles. The van der Waals surface area contributed by atoms with E-state index in [1.165, 1.54) is 11.1 Å². The molecule has 3 rings (SSSR count). The van der Waals surface area contributed by atoms with E-state index in [4.69, 9.17) is 4.74 Å². The predicted molar refractivity (Wildman–Crippen MR) is 69.2 cm³/mol. The van der Waals surface area contributed by atoms with Gasteiger partial charge >= 0.3 is 0 Å². The van der Waals surface area contributed by atoms with E-state index in [2.05, 4.69) is 31.2 Å². The monoisotopic (exact) mass is 245 g/mol. The molecule has 96 valence electrons. The summed E-state index contributed by atoms with van der Waals surface area (Å²) in [6, 6.07) is 8.72. The Morgan fingerprint density at radius 3 is 3.06 bits per heavy atom. The first kappa shape index (κ1) is 11.7. The van der Waals surface area contributed by atoms with Gasteiger partial charge < -0.3 is 9.64 Å². The number of aryl methyl sites for hydroxylation is 1. The van der Waals surface area contributed by atoms with Crippen LogP contribution in [0.5, 0.6) is 0 Å². The van der Waals surface area contributed by atoms with E-state index in [1.807, 2.05) is 4.90 Å². The zero-order valence-electron chi connectivity index (χ0n) is 10.8. The van der Waals surface area contributed by atoms with Gasteiger partial charge in [0.25, 0.3) is 0 Å². The molecule has 0 N–H and O–H groups in total. The fourth-order valence-electron chi connectivity index (χ4n) is 3.26. The third-order valence-electron chi connectivity index (χ3n) is 4.10. The molecule has 1 aliphatic heterocycles. The van der Waals surface area contributed by atoms with Gasteiger partial charge in [-0.1, -0.05) is 24.3 Å². The normalized spacial score (nSPS) is 27.4. The molecule has 18 heavy (non-hydrogen) atoms. The highest BCUT2D eigenvalue weighted by Gasteiger charge is 2.38. The number of ether oxygens (including phenoxy) is 1. The molecule has 1 amide bonds. The molecule has 1 heterocycles. The van der Waals surface area contributed by atoms with Crippen molar-refractivity contribution in [2.45, 2.75) is 38.3 Å². The smallest absolute Gasteiger partial charge is 0.248 e. The Balaban J connectivity index is 1.99. The highest BCUT2D eigenvalue weighted by atomic mass is 16.5. The highest BCUT2D eigenvalue weighted by Crippen LogP contribution is 2.36. The van der Waals surface area contributed by atoms with Crippen molar-refractivity contribution in [3.05, 3.63) is 35.4 Å². The van der Waals surface area contributed by atoms with Crippen molar-refractivity contribution in [2.24, 2.45) is 0 Å². The maximum absolute atomic E-state index is 11.9. The van der Waals surface area contributed by atoms with E-state index in [9.17, 15) is 4.79 Å². The van der Waals surface area contributed by atoms with E-state index in [1.54, 1.807) is 0 Å². The number of nitrogens with zero attached hydrogens (tertiary/aromatic N) is 1. The second kappa shape index (κ2) is 4.73. The van der Waals surface area contributed by atoms with Gasteiger partial charge in [-0.25, -0.2) is 0 Å². The van der Waals surface area contributed by atoms with Crippen LogP contribution in [0, 0.1) is 0 Å². The second-order valence-electron chi connectivity index (χ2n) is 5.07. The molecule has 0 aromatic heterocycles. The zero-order chi connectivity index (χ0) is 12.5. The van der Waals surface area contributed by atoms with E-state index in [-0.39, 0.29) is 24.7 Å². The zero-order valence-corrected chi connectivity index (χ0v) is 10.8. The van der Waals surface area contributed by atoms with E-state index >= 15 is 0 Å². The molecule has 1 aromatic rings. The van der Waals surface area contributed by atoms with Crippen LogP contribution in [0.1, 0.15) is 37.0 Å². The van der Waals surface area contributed by atoms with Crippen LogP contribution < -0.4 is 0 Å². The Hall–Kier alpha value is -1.35. The van der Waals surface area contributed by atoms with Crippen LogP contribution in [0.15, 0.2) is 24.3 Å².